The van der Waals surface area contributed by atoms with Gasteiger partial charge in [-0.1, -0.05) is 82.3 Å². The molecule has 1 aliphatic heterocycles. The maximum atomic E-state index is 15.1. The zero-order valence-corrected chi connectivity index (χ0v) is 20.5. The molecule has 0 aromatic heterocycles. The lowest BCUT2D eigenvalue weighted by atomic mass is 9.77. The maximum absolute atomic E-state index is 15.1. The molecular weight excluding hydrogens is 411 g/mol. The van der Waals surface area contributed by atoms with Gasteiger partial charge >= 0.3 is 0 Å². The van der Waals surface area contributed by atoms with Crippen LogP contribution in [-0.2, 0) is 9.47 Å². The summed E-state index contributed by atoms with van der Waals surface area (Å²) in [6.45, 7) is 5.95. The normalized spacial score (nSPS) is 25.8. The first-order valence-electron chi connectivity index (χ1n) is 13.3. The van der Waals surface area contributed by atoms with Gasteiger partial charge in [0.05, 0.1) is 13.2 Å². The van der Waals surface area contributed by atoms with Crippen molar-refractivity contribution in [2.24, 2.45) is 11.8 Å². The molecule has 2 nitrogen and oxygen atoms in total. The number of unbranched alkanes of at least 4 members (excludes halogenated alkanes) is 2. The smallest absolute Gasteiger partial charge is 0.183 e. The molecule has 1 aliphatic carbocycles. The molecule has 2 fully saturated rings. The van der Waals surface area contributed by atoms with Crippen molar-refractivity contribution in [2.45, 2.75) is 90.3 Å². The number of ether oxygens (including phenoxy) is 2. The van der Waals surface area contributed by atoms with Crippen molar-refractivity contribution in [1.29, 1.82) is 0 Å². The molecule has 0 amide bonds. The average molecular weight is 453 g/mol. The monoisotopic (exact) mass is 452 g/mol. The quantitative estimate of drug-likeness (QED) is 0.354. The van der Waals surface area contributed by atoms with Crippen LogP contribution in [0.1, 0.15) is 101 Å². The summed E-state index contributed by atoms with van der Waals surface area (Å²) in [6, 6.07) is 13.9. The highest BCUT2D eigenvalue weighted by Crippen LogP contribution is 2.39. The highest BCUT2D eigenvalue weighted by atomic mass is 19.1. The standard InChI is InChI=1S/C30H41FO2/c1-3-5-6-8-22-9-11-24(12-10-22)27-17-18-28(29(31)19-27)25-13-15-26(16-14-25)30-32-20-23(7-4-2)21-33-30/h13-19,22-24,30H,3-12,20-21H2,1-2H3. The first-order valence-corrected chi connectivity index (χ1v) is 13.3. The Kier molecular flexibility index (Phi) is 8.97. The van der Waals surface area contributed by atoms with Crippen molar-refractivity contribution in [1.82, 2.24) is 0 Å². The Balaban J connectivity index is 1.34. The lowest BCUT2D eigenvalue weighted by Gasteiger charge is -2.29. The molecule has 180 valence electrons. The van der Waals surface area contributed by atoms with Crippen LogP contribution in [0.15, 0.2) is 42.5 Å². The van der Waals surface area contributed by atoms with Crippen molar-refractivity contribution >= 4 is 0 Å². The first-order chi connectivity index (χ1) is 16.2. The van der Waals surface area contributed by atoms with E-state index in [2.05, 4.69) is 19.9 Å². The van der Waals surface area contributed by atoms with E-state index in [1.165, 1.54) is 56.9 Å². The number of hydrogen-bond donors (Lipinski definition) is 0. The lowest BCUT2D eigenvalue weighted by Crippen LogP contribution is -2.26. The third-order valence-electron chi connectivity index (χ3n) is 7.68. The highest BCUT2D eigenvalue weighted by Gasteiger charge is 2.24. The fraction of sp³-hybridized carbons (Fsp3) is 0.600. The van der Waals surface area contributed by atoms with Crippen LogP contribution in [0.25, 0.3) is 11.1 Å². The van der Waals surface area contributed by atoms with Gasteiger partial charge in [0, 0.05) is 17.0 Å². The van der Waals surface area contributed by atoms with Crippen LogP contribution in [0.5, 0.6) is 0 Å². The van der Waals surface area contributed by atoms with E-state index in [0.29, 0.717) is 17.4 Å². The summed E-state index contributed by atoms with van der Waals surface area (Å²) in [4.78, 5) is 0. The molecule has 0 bridgehead atoms. The molecule has 2 aromatic carbocycles. The van der Waals surface area contributed by atoms with Crippen LogP contribution in [0.3, 0.4) is 0 Å². The van der Waals surface area contributed by atoms with Gasteiger partial charge in [0.25, 0.3) is 0 Å². The van der Waals surface area contributed by atoms with Crippen molar-refractivity contribution in [2.75, 3.05) is 13.2 Å². The van der Waals surface area contributed by atoms with Gasteiger partial charge < -0.3 is 9.47 Å². The fourth-order valence-electron chi connectivity index (χ4n) is 5.62. The summed E-state index contributed by atoms with van der Waals surface area (Å²) in [7, 11) is 0. The van der Waals surface area contributed by atoms with E-state index in [1.54, 1.807) is 6.07 Å². The predicted octanol–water partition coefficient (Wildman–Crippen LogP) is 8.81. The van der Waals surface area contributed by atoms with E-state index in [1.807, 2.05) is 30.3 Å². The molecule has 2 aromatic rings. The Bertz CT molecular complexity index is 846. The fourth-order valence-corrected chi connectivity index (χ4v) is 5.62. The van der Waals surface area contributed by atoms with Crippen LogP contribution < -0.4 is 0 Å². The van der Waals surface area contributed by atoms with E-state index in [9.17, 15) is 0 Å². The van der Waals surface area contributed by atoms with E-state index in [0.717, 1.165) is 43.1 Å². The zero-order valence-electron chi connectivity index (χ0n) is 20.5. The van der Waals surface area contributed by atoms with Crippen LogP contribution in [-0.4, -0.2) is 13.2 Å². The first kappa shape index (κ1) is 24.4. The van der Waals surface area contributed by atoms with Gasteiger partial charge in [-0.15, -0.1) is 0 Å². The average Bonchev–Trinajstić information content (AvgIpc) is 2.85. The molecule has 1 saturated carbocycles. The topological polar surface area (TPSA) is 18.5 Å². The third-order valence-corrected chi connectivity index (χ3v) is 7.68. The second kappa shape index (κ2) is 12.1. The maximum Gasteiger partial charge on any atom is 0.183 e. The minimum absolute atomic E-state index is 0.113. The molecule has 0 radical (unpaired) electrons. The molecule has 1 saturated heterocycles. The molecule has 3 heteroatoms. The molecular formula is C30H41FO2. The molecule has 0 atom stereocenters. The summed E-state index contributed by atoms with van der Waals surface area (Å²) in [5.41, 5.74) is 3.75. The zero-order chi connectivity index (χ0) is 23.0. The second-order valence-corrected chi connectivity index (χ2v) is 10.2. The SMILES string of the molecule is CCCCCC1CCC(c2ccc(-c3ccc(C4OCC(CCC)CO4)cc3)c(F)c2)CC1. The van der Waals surface area contributed by atoms with Crippen LogP contribution in [0.4, 0.5) is 4.39 Å². The predicted molar refractivity (Wildman–Crippen MR) is 134 cm³/mol. The Morgan fingerprint density at radius 1 is 0.758 bits per heavy atom. The van der Waals surface area contributed by atoms with E-state index in [4.69, 9.17) is 9.47 Å². The summed E-state index contributed by atoms with van der Waals surface area (Å²) in [5, 5.41) is 0. The van der Waals surface area contributed by atoms with Crippen molar-refractivity contribution in [3.63, 3.8) is 0 Å². The van der Waals surface area contributed by atoms with Crippen LogP contribution in [0.2, 0.25) is 0 Å². The third kappa shape index (κ3) is 6.45. The summed E-state index contributed by atoms with van der Waals surface area (Å²) in [5.74, 6) is 1.77. The van der Waals surface area contributed by atoms with Gasteiger partial charge in [-0.3, -0.25) is 0 Å². The number of hydrogen-bond acceptors (Lipinski definition) is 2. The van der Waals surface area contributed by atoms with E-state index in [-0.39, 0.29) is 12.1 Å². The number of rotatable bonds is 9. The van der Waals surface area contributed by atoms with E-state index < -0.39 is 0 Å². The Hall–Kier alpha value is -1.71. The minimum atomic E-state index is -0.309. The van der Waals surface area contributed by atoms with Crippen LogP contribution in [0, 0.1) is 17.7 Å². The van der Waals surface area contributed by atoms with Crippen molar-refractivity contribution < 1.29 is 13.9 Å². The molecule has 1 heterocycles. The Morgan fingerprint density at radius 3 is 2.09 bits per heavy atom. The van der Waals surface area contributed by atoms with Crippen LogP contribution >= 0.6 is 0 Å². The summed E-state index contributed by atoms with van der Waals surface area (Å²) in [6.07, 6.45) is 12.4. The number of halogens is 1. The van der Waals surface area contributed by atoms with Gasteiger partial charge in [-0.05, 0) is 61.1 Å². The van der Waals surface area contributed by atoms with Gasteiger partial charge in [0.2, 0.25) is 0 Å². The lowest BCUT2D eigenvalue weighted by molar-refractivity contribution is -0.206. The van der Waals surface area contributed by atoms with Gasteiger partial charge in [0.15, 0.2) is 6.29 Å². The van der Waals surface area contributed by atoms with Gasteiger partial charge in [-0.25, -0.2) is 4.39 Å². The van der Waals surface area contributed by atoms with Gasteiger partial charge in [-0.2, -0.15) is 0 Å². The largest absolute Gasteiger partial charge is 0.348 e. The van der Waals surface area contributed by atoms with E-state index >= 15 is 4.39 Å². The second-order valence-electron chi connectivity index (χ2n) is 10.2. The number of benzene rings is 2. The summed E-state index contributed by atoms with van der Waals surface area (Å²) >= 11 is 0. The Labute approximate surface area is 199 Å². The molecule has 33 heavy (non-hydrogen) atoms. The summed E-state index contributed by atoms with van der Waals surface area (Å²) < 4.78 is 26.9. The molecule has 0 spiro atoms. The molecule has 2 aliphatic rings. The van der Waals surface area contributed by atoms with Crippen molar-refractivity contribution in [3.05, 3.63) is 59.4 Å². The highest BCUT2D eigenvalue weighted by molar-refractivity contribution is 5.65. The molecule has 4 rings (SSSR count). The Morgan fingerprint density at radius 2 is 1.45 bits per heavy atom. The van der Waals surface area contributed by atoms with Gasteiger partial charge in [0.1, 0.15) is 5.82 Å². The molecule has 0 N–H and O–H groups in total. The molecule has 0 unspecified atom stereocenters. The van der Waals surface area contributed by atoms with Crippen molar-refractivity contribution in [3.8, 4) is 11.1 Å². The minimum Gasteiger partial charge on any atom is -0.348 e.